The Labute approximate surface area is 91.1 Å². The summed E-state index contributed by atoms with van der Waals surface area (Å²) in [5, 5.41) is 11.6. The average molecular weight is 218 g/mol. The molecule has 0 aliphatic carbocycles. The largest absolute Gasteiger partial charge is 0.364 e. The minimum absolute atomic E-state index is 0.175. The Bertz CT molecular complexity index is 520. The van der Waals surface area contributed by atoms with Gasteiger partial charge in [0.2, 0.25) is 0 Å². The van der Waals surface area contributed by atoms with Crippen molar-refractivity contribution in [1.82, 2.24) is 20.0 Å². The molecule has 0 fully saturated rings. The van der Waals surface area contributed by atoms with E-state index in [0.29, 0.717) is 12.4 Å². The SMILES string of the molecule is NCc1ccnnc1-n1ccc(C(N)=O)n1. The Balaban J connectivity index is 2.46. The first-order chi connectivity index (χ1) is 7.72. The highest BCUT2D eigenvalue weighted by atomic mass is 16.1. The van der Waals surface area contributed by atoms with Crippen LogP contribution in [0.15, 0.2) is 24.5 Å². The maximum Gasteiger partial charge on any atom is 0.269 e. The zero-order valence-corrected chi connectivity index (χ0v) is 8.37. The Hall–Kier alpha value is -2.28. The first-order valence-electron chi connectivity index (χ1n) is 4.59. The number of nitrogens with two attached hydrogens (primary N) is 2. The molecule has 4 N–H and O–H groups in total. The highest BCUT2D eigenvalue weighted by Gasteiger charge is 2.09. The van der Waals surface area contributed by atoms with Crippen molar-refractivity contribution in [2.45, 2.75) is 6.54 Å². The summed E-state index contributed by atoms with van der Waals surface area (Å²) in [4.78, 5) is 10.9. The molecule has 0 atom stereocenters. The van der Waals surface area contributed by atoms with Gasteiger partial charge in [-0.05, 0) is 12.1 Å². The molecule has 1 amide bonds. The van der Waals surface area contributed by atoms with Crippen LogP contribution in [0.1, 0.15) is 16.1 Å². The molecular formula is C9H10N6O. The zero-order valence-electron chi connectivity index (χ0n) is 8.37. The number of hydrogen-bond acceptors (Lipinski definition) is 5. The molecule has 0 aromatic carbocycles. The fraction of sp³-hybridized carbons (Fsp3) is 0.111. The second-order valence-corrected chi connectivity index (χ2v) is 3.09. The summed E-state index contributed by atoms with van der Waals surface area (Å²) in [6, 6.07) is 3.26. The molecule has 0 unspecified atom stereocenters. The average Bonchev–Trinajstić information content (AvgIpc) is 2.78. The fourth-order valence-corrected chi connectivity index (χ4v) is 1.28. The quantitative estimate of drug-likeness (QED) is 0.701. The van der Waals surface area contributed by atoms with Crippen LogP contribution in [0, 0.1) is 0 Å². The zero-order chi connectivity index (χ0) is 11.5. The number of carbonyl (C=O) groups excluding carboxylic acids is 1. The lowest BCUT2D eigenvalue weighted by Gasteiger charge is -2.03. The number of aromatic nitrogens is 4. The number of amides is 1. The molecule has 2 rings (SSSR count). The summed E-state index contributed by atoms with van der Waals surface area (Å²) in [5.74, 6) is -0.0885. The predicted octanol–water partition coefficient (Wildman–Crippen LogP) is -0.780. The summed E-state index contributed by atoms with van der Waals surface area (Å²) in [5.41, 5.74) is 11.6. The number of rotatable bonds is 3. The highest BCUT2D eigenvalue weighted by molar-refractivity contribution is 5.90. The van der Waals surface area contributed by atoms with Crippen LogP contribution in [-0.4, -0.2) is 25.9 Å². The van der Waals surface area contributed by atoms with Crippen LogP contribution in [0.3, 0.4) is 0 Å². The van der Waals surface area contributed by atoms with Gasteiger partial charge in [-0.2, -0.15) is 10.2 Å². The van der Waals surface area contributed by atoms with E-state index in [2.05, 4.69) is 15.3 Å². The van der Waals surface area contributed by atoms with Gasteiger partial charge in [0, 0.05) is 18.3 Å². The van der Waals surface area contributed by atoms with E-state index >= 15 is 0 Å². The summed E-state index contributed by atoms with van der Waals surface area (Å²) >= 11 is 0. The number of nitrogens with zero attached hydrogens (tertiary/aromatic N) is 4. The minimum atomic E-state index is -0.586. The van der Waals surface area contributed by atoms with Crippen molar-refractivity contribution < 1.29 is 4.79 Å². The minimum Gasteiger partial charge on any atom is -0.364 e. The number of hydrogen-bond donors (Lipinski definition) is 2. The Kier molecular flexibility index (Phi) is 2.61. The highest BCUT2D eigenvalue weighted by Crippen LogP contribution is 2.08. The Morgan fingerprint density at radius 1 is 1.44 bits per heavy atom. The van der Waals surface area contributed by atoms with Crippen LogP contribution in [0.5, 0.6) is 0 Å². The summed E-state index contributed by atoms with van der Waals surface area (Å²) < 4.78 is 1.43. The van der Waals surface area contributed by atoms with E-state index in [0.717, 1.165) is 5.56 Å². The Morgan fingerprint density at radius 3 is 2.88 bits per heavy atom. The molecular weight excluding hydrogens is 208 g/mol. The first kappa shape index (κ1) is 10.2. The van der Waals surface area contributed by atoms with Gasteiger partial charge in [0.15, 0.2) is 5.82 Å². The third-order valence-corrected chi connectivity index (χ3v) is 2.06. The van der Waals surface area contributed by atoms with Gasteiger partial charge in [0.25, 0.3) is 5.91 Å². The lowest BCUT2D eigenvalue weighted by atomic mass is 10.3. The molecule has 2 aromatic heterocycles. The summed E-state index contributed by atoms with van der Waals surface area (Å²) in [7, 11) is 0. The van der Waals surface area contributed by atoms with E-state index in [9.17, 15) is 4.79 Å². The van der Waals surface area contributed by atoms with Crippen molar-refractivity contribution in [1.29, 1.82) is 0 Å². The topological polar surface area (TPSA) is 113 Å². The first-order valence-corrected chi connectivity index (χ1v) is 4.59. The molecule has 0 bridgehead atoms. The van der Waals surface area contributed by atoms with Gasteiger partial charge in [0.05, 0.1) is 6.20 Å². The van der Waals surface area contributed by atoms with E-state index in [1.54, 1.807) is 18.5 Å². The molecule has 7 nitrogen and oxygen atoms in total. The number of carbonyl (C=O) groups is 1. The molecule has 0 radical (unpaired) electrons. The lowest BCUT2D eigenvalue weighted by molar-refractivity contribution is 0.0995. The van der Waals surface area contributed by atoms with E-state index in [4.69, 9.17) is 11.5 Å². The van der Waals surface area contributed by atoms with E-state index in [1.165, 1.54) is 10.7 Å². The van der Waals surface area contributed by atoms with Crippen molar-refractivity contribution >= 4 is 5.91 Å². The van der Waals surface area contributed by atoms with Gasteiger partial charge < -0.3 is 11.5 Å². The predicted molar refractivity (Wildman–Crippen MR) is 55.6 cm³/mol. The van der Waals surface area contributed by atoms with Crippen molar-refractivity contribution in [2.24, 2.45) is 11.5 Å². The van der Waals surface area contributed by atoms with E-state index in [1.807, 2.05) is 0 Å². The van der Waals surface area contributed by atoms with Crippen LogP contribution in [-0.2, 0) is 6.54 Å². The van der Waals surface area contributed by atoms with Crippen LogP contribution < -0.4 is 11.5 Å². The molecule has 16 heavy (non-hydrogen) atoms. The molecule has 0 aliphatic heterocycles. The molecule has 0 spiro atoms. The van der Waals surface area contributed by atoms with E-state index < -0.39 is 5.91 Å². The smallest absolute Gasteiger partial charge is 0.269 e. The van der Waals surface area contributed by atoms with Gasteiger partial charge in [-0.3, -0.25) is 4.79 Å². The Morgan fingerprint density at radius 2 is 2.25 bits per heavy atom. The molecule has 0 aliphatic rings. The summed E-state index contributed by atoms with van der Waals surface area (Å²) in [6.07, 6.45) is 3.13. The van der Waals surface area contributed by atoms with Gasteiger partial charge in [-0.25, -0.2) is 4.68 Å². The monoisotopic (exact) mass is 218 g/mol. The number of primary amides is 1. The van der Waals surface area contributed by atoms with Crippen molar-refractivity contribution in [3.63, 3.8) is 0 Å². The second-order valence-electron chi connectivity index (χ2n) is 3.09. The molecule has 0 saturated heterocycles. The van der Waals surface area contributed by atoms with Gasteiger partial charge >= 0.3 is 0 Å². The molecule has 7 heteroatoms. The van der Waals surface area contributed by atoms with Crippen molar-refractivity contribution in [3.8, 4) is 5.82 Å². The van der Waals surface area contributed by atoms with Crippen LogP contribution in [0.25, 0.3) is 5.82 Å². The summed E-state index contributed by atoms with van der Waals surface area (Å²) in [6.45, 7) is 0.316. The third-order valence-electron chi connectivity index (χ3n) is 2.06. The van der Waals surface area contributed by atoms with Gasteiger partial charge in [0.1, 0.15) is 5.69 Å². The normalized spacial score (nSPS) is 10.3. The molecule has 82 valence electrons. The van der Waals surface area contributed by atoms with Crippen molar-refractivity contribution in [3.05, 3.63) is 35.8 Å². The molecule has 0 saturated carbocycles. The van der Waals surface area contributed by atoms with E-state index in [-0.39, 0.29) is 5.69 Å². The standard InChI is InChI=1S/C9H10N6O/c10-5-6-1-3-12-13-9(6)15-4-2-7(14-15)8(11)16/h1-4H,5,10H2,(H2,11,16). The van der Waals surface area contributed by atoms with Crippen molar-refractivity contribution in [2.75, 3.05) is 0 Å². The fourth-order valence-electron chi connectivity index (χ4n) is 1.28. The maximum atomic E-state index is 10.9. The third kappa shape index (κ3) is 1.75. The van der Waals surface area contributed by atoms with Crippen LogP contribution >= 0.6 is 0 Å². The van der Waals surface area contributed by atoms with Crippen LogP contribution in [0.4, 0.5) is 0 Å². The van der Waals surface area contributed by atoms with Gasteiger partial charge in [-0.15, -0.1) is 5.10 Å². The van der Waals surface area contributed by atoms with Gasteiger partial charge in [-0.1, -0.05) is 0 Å². The maximum absolute atomic E-state index is 10.9. The second kappa shape index (κ2) is 4.07. The molecule has 2 heterocycles. The van der Waals surface area contributed by atoms with Crippen LogP contribution in [0.2, 0.25) is 0 Å². The lowest BCUT2D eigenvalue weighted by Crippen LogP contribution is -2.13. The molecule has 2 aromatic rings.